The highest BCUT2D eigenvalue weighted by atomic mass is 32.2. The lowest BCUT2D eigenvalue weighted by Gasteiger charge is -2.25. The highest BCUT2D eigenvalue weighted by Gasteiger charge is 2.31. The van der Waals surface area contributed by atoms with Crippen molar-refractivity contribution in [2.24, 2.45) is 10.9 Å². The molecule has 4 atom stereocenters. The van der Waals surface area contributed by atoms with Crippen LogP contribution in [-0.4, -0.2) is 70.3 Å². The topological polar surface area (TPSA) is 222 Å². The van der Waals surface area contributed by atoms with Crippen LogP contribution < -0.4 is 26.8 Å². The van der Waals surface area contributed by atoms with E-state index in [0.717, 1.165) is 5.56 Å². The van der Waals surface area contributed by atoms with E-state index >= 15 is 0 Å². The maximum atomic E-state index is 13.6. The van der Waals surface area contributed by atoms with Crippen molar-refractivity contribution in [2.45, 2.75) is 49.2 Å². The summed E-state index contributed by atoms with van der Waals surface area (Å²) in [5, 5.41) is 21.7. The molecule has 1 heterocycles. The molecule has 226 valence electrons. The van der Waals surface area contributed by atoms with Crippen LogP contribution in [0.25, 0.3) is 0 Å². The number of nitrogens with one attached hydrogen (secondary N) is 4. The molecule has 3 rings (SSSR count). The first-order valence-electron chi connectivity index (χ1n) is 13.0. The predicted octanol–water partition coefficient (Wildman–Crippen LogP) is -0.509. The number of nitrogens with two attached hydrogens (primary N) is 2. The Hall–Kier alpha value is -3.92. The molecule has 0 spiro atoms. The van der Waals surface area contributed by atoms with Gasteiger partial charge in [0, 0.05) is 37.3 Å². The van der Waals surface area contributed by atoms with Crippen molar-refractivity contribution in [1.29, 1.82) is 0 Å². The van der Waals surface area contributed by atoms with Crippen molar-refractivity contribution in [3.8, 4) is 5.75 Å². The van der Waals surface area contributed by atoms with Gasteiger partial charge in [0.15, 0.2) is 0 Å². The molecule has 2 aromatic carbocycles. The number of hydrogen-bond donors (Lipinski definition) is 8. The Bertz CT molecular complexity index is 1420. The normalized spacial score (nSPS) is 14.3. The first-order valence-corrected chi connectivity index (χ1v) is 15.3. The molecule has 9 N–H and O–H groups in total. The Kier molecular flexibility index (Phi) is 11.9. The number of nitrogens with zero attached hydrogens (tertiary/aromatic N) is 1. The Morgan fingerprint density at radius 2 is 1.57 bits per heavy atom. The second-order valence-corrected chi connectivity index (χ2v) is 12.0. The minimum atomic E-state index is -3.80. The summed E-state index contributed by atoms with van der Waals surface area (Å²) in [5.74, 6) is -2.24. The minimum absolute atomic E-state index is 0.00712. The molecule has 0 saturated heterocycles. The average Bonchev–Trinajstić information content (AvgIpc) is 3.48. The number of phenolic OH excluding ortho intramolecular Hbond substituents is 1. The zero-order chi connectivity index (χ0) is 30.7. The molecule has 0 saturated carbocycles. The number of benzene rings is 2. The van der Waals surface area contributed by atoms with Gasteiger partial charge in [0.1, 0.15) is 17.8 Å². The van der Waals surface area contributed by atoms with Crippen molar-refractivity contribution < 1.29 is 27.9 Å². The maximum absolute atomic E-state index is 13.6. The quantitative estimate of drug-likeness (QED) is 0.104. The highest BCUT2D eigenvalue weighted by Crippen LogP contribution is 2.13. The summed E-state index contributed by atoms with van der Waals surface area (Å²) in [6.07, 6.45) is 2.97. The summed E-state index contributed by atoms with van der Waals surface area (Å²) in [4.78, 5) is 46.7. The van der Waals surface area contributed by atoms with Crippen molar-refractivity contribution in [1.82, 2.24) is 25.9 Å². The summed E-state index contributed by atoms with van der Waals surface area (Å²) in [6, 6.07) is 12.1. The lowest BCUT2D eigenvalue weighted by atomic mass is 10.0. The fourth-order valence-electron chi connectivity index (χ4n) is 3.99. The molecule has 42 heavy (non-hydrogen) atoms. The van der Waals surface area contributed by atoms with E-state index in [0.29, 0.717) is 11.3 Å². The lowest BCUT2D eigenvalue weighted by molar-refractivity contribution is -0.132. The smallest absolute Gasteiger partial charge is 0.243 e. The van der Waals surface area contributed by atoms with Crippen molar-refractivity contribution in [3.05, 3.63) is 83.9 Å². The van der Waals surface area contributed by atoms with Gasteiger partial charge in [0.2, 0.25) is 27.7 Å². The van der Waals surface area contributed by atoms with E-state index in [-0.39, 0.29) is 31.6 Å². The van der Waals surface area contributed by atoms with Gasteiger partial charge in [-0.2, -0.15) is 12.6 Å². The molecule has 0 unspecified atom stereocenters. The summed E-state index contributed by atoms with van der Waals surface area (Å²) in [5.41, 5.74) is 8.06. The molecular formula is C27H35N7O6S2. The molecule has 13 nitrogen and oxygen atoms in total. The Morgan fingerprint density at radius 3 is 2.19 bits per heavy atom. The number of carbonyl (C=O) groups excluding carboxylic acids is 3. The van der Waals surface area contributed by atoms with Crippen LogP contribution in [0.15, 0.2) is 67.1 Å². The number of aromatic amines is 1. The molecule has 0 aliphatic heterocycles. The average molecular weight is 618 g/mol. The molecular weight excluding hydrogens is 582 g/mol. The Morgan fingerprint density at radius 1 is 0.929 bits per heavy atom. The molecule has 0 bridgehead atoms. The molecule has 3 aromatic rings. The second kappa shape index (κ2) is 15.3. The number of H-pyrrole nitrogens is 1. The van der Waals surface area contributed by atoms with Gasteiger partial charge in [-0.25, -0.2) is 18.5 Å². The van der Waals surface area contributed by atoms with Gasteiger partial charge in [-0.3, -0.25) is 14.4 Å². The Labute approximate surface area is 249 Å². The van der Waals surface area contributed by atoms with Crippen molar-refractivity contribution >= 4 is 40.4 Å². The van der Waals surface area contributed by atoms with Crippen LogP contribution in [0, 0.1) is 0 Å². The van der Waals surface area contributed by atoms with Crippen molar-refractivity contribution in [3.63, 3.8) is 0 Å². The van der Waals surface area contributed by atoms with Crippen LogP contribution >= 0.6 is 12.6 Å². The SMILES string of the molecule is N[C@@H](CCS(N)(=O)=O)[C@@H](S)C(=O)N[C@@H](Cc1ccc(O)cc1)C(=O)N[C@@H](Cc1cnc[nH]1)C(=O)NCc1ccccc1. The van der Waals surface area contributed by atoms with E-state index in [4.69, 9.17) is 10.9 Å². The number of thiol groups is 1. The number of hydrogen-bond acceptors (Lipinski definition) is 9. The molecule has 0 aliphatic rings. The zero-order valence-electron chi connectivity index (χ0n) is 22.6. The lowest BCUT2D eigenvalue weighted by Crippen LogP contribution is -2.57. The third-order valence-corrected chi connectivity index (χ3v) is 7.76. The number of sulfonamides is 1. The number of phenols is 1. The summed E-state index contributed by atoms with van der Waals surface area (Å²) < 4.78 is 22.6. The van der Waals surface area contributed by atoms with Gasteiger partial charge >= 0.3 is 0 Å². The summed E-state index contributed by atoms with van der Waals surface area (Å²) >= 11 is 4.24. The van der Waals surface area contributed by atoms with E-state index in [1.807, 2.05) is 30.3 Å². The van der Waals surface area contributed by atoms with Gasteiger partial charge in [-0.15, -0.1) is 0 Å². The second-order valence-electron chi connectivity index (χ2n) is 9.74. The third kappa shape index (κ3) is 10.8. The molecule has 0 aliphatic carbocycles. The number of imidazole rings is 1. The zero-order valence-corrected chi connectivity index (χ0v) is 24.4. The van der Waals surface area contributed by atoms with E-state index < -0.39 is 56.9 Å². The number of carbonyl (C=O) groups is 3. The molecule has 1 aromatic heterocycles. The van der Waals surface area contributed by atoms with Gasteiger partial charge in [-0.1, -0.05) is 42.5 Å². The Balaban J connectivity index is 1.77. The molecule has 15 heteroatoms. The molecule has 0 fully saturated rings. The number of aromatic hydroxyl groups is 1. The largest absolute Gasteiger partial charge is 0.508 e. The summed E-state index contributed by atoms with van der Waals surface area (Å²) in [6.45, 7) is 0.237. The number of primary sulfonamides is 1. The van der Waals surface area contributed by atoms with Gasteiger partial charge in [0.25, 0.3) is 0 Å². The van der Waals surface area contributed by atoms with Crippen LogP contribution in [0.5, 0.6) is 5.75 Å². The first-order chi connectivity index (χ1) is 19.9. The predicted molar refractivity (Wildman–Crippen MR) is 160 cm³/mol. The number of rotatable bonds is 15. The molecule has 3 amide bonds. The minimum Gasteiger partial charge on any atom is -0.508 e. The fourth-order valence-corrected chi connectivity index (χ4v) is 4.82. The van der Waals surface area contributed by atoms with Crippen LogP contribution in [0.2, 0.25) is 0 Å². The van der Waals surface area contributed by atoms with E-state index in [1.165, 1.54) is 24.7 Å². The number of aromatic nitrogens is 2. The van der Waals surface area contributed by atoms with E-state index in [1.54, 1.807) is 12.1 Å². The highest BCUT2D eigenvalue weighted by molar-refractivity contribution is 7.89. The van der Waals surface area contributed by atoms with Gasteiger partial charge in [-0.05, 0) is 29.7 Å². The van der Waals surface area contributed by atoms with Gasteiger partial charge < -0.3 is 31.8 Å². The standard InChI is InChI=1S/C27H35N7O6S2/c28-21(10-11-42(29,39)40)24(41)27(38)34-22(12-17-6-8-20(35)9-7-17)26(37)33-23(13-19-15-30-16-32-19)25(36)31-14-18-4-2-1-3-5-18/h1-9,15-16,21-24,35,41H,10-14,28H2,(H,30,32)(H,31,36)(H,33,37)(H,34,38)(H2,29,39,40)/t21-,22-,23-,24+/m0/s1. The number of amides is 3. The monoisotopic (exact) mass is 617 g/mol. The molecule has 0 radical (unpaired) electrons. The van der Waals surface area contributed by atoms with Crippen molar-refractivity contribution in [2.75, 3.05) is 5.75 Å². The van der Waals surface area contributed by atoms with Crippen LogP contribution in [-0.2, 0) is 43.8 Å². The maximum Gasteiger partial charge on any atom is 0.243 e. The first kappa shape index (κ1) is 32.6. The van der Waals surface area contributed by atoms with Gasteiger partial charge in [0.05, 0.1) is 17.3 Å². The third-order valence-electron chi connectivity index (χ3n) is 6.34. The van der Waals surface area contributed by atoms with Crippen LogP contribution in [0.4, 0.5) is 0 Å². The van der Waals surface area contributed by atoms with E-state index in [9.17, 15) is 27.9 Å². The fraction of sp³-hybridized carbons (Fsp3) is 0.333. The van der Waals surface area contributed by atoms with E-state index in [2.05, 4.69) is 38.5 Å². The van der Waals surface area contributed by atoms with Crippen LogP contribution in [0.1, 0.15) is 23.2 Å². The van der Waals surface area contributed by atoms with Crippen LogP contribution in [0.3, 0.4) is 0 Å². The summed E-state index contributed by atoms with van der Waals surface area (Å²) in [7, 11) is -3.80.